The third-order valence-corrected chi connectivity index (χ3v) is 5.40. The number of para-hydroxylation sites is 1. The summed E-state index contributed by atoms with van der Waals surface area (Å²) in [6, 6.07) is 31.0. The molecule has 0 aliphatic rings. The minimum atomic E-state index is -0.464. The molecule has 0 spiro atoms. The van der Waals surface area contributed by atoms with Crippen LogP contribution >= 0.6 is 0 Å². The highest BCUT2D eigenvalue weighted by molar-refractivity contribution is 6.01. The number of amides is 1. The number of nitro benzene ring substituents is 1. The number of benzene rings is 4. The number of hydrazone groups is 1. The number of rotatable bonds is 8. The van der Waals surface area contributed by atoms with Crippen molar-refractivity contribution in [2.45, 2.75) is 13.5 Å². The summed E-state index contributed by atoms with van der Waals surface area (Å²) < 4.78 is 6.06. The molecule has 7 heteroatoms. The highest BCUT2D eigenvalue weighted by Gasteiger charge is 2.09. The van der Waals surface area contributed by atoms with Crippen molar-refractivity contribution >= 4 is 17.3 Å². The fourth-order valence-corrected chi connectivity index (χ4v) is 3.45. The van der Waals surface area contributed by atoms with Crippen molar-refractivity contribution in [3.63, 3.8) is 0 Å². The van der Waals surface area contributed by atoms with Crippen molar-refractivity contribution < 1.29 is 14.5 Å². The molecule has 0 saturated carbocycles. The third-order valence-electron chi connectivity index (χ3n) is 5.40. The van der Waals surface area contributed by atoms with Crippen molar-refractivity contribution in [2.75, 3.05) is 0 Å². The summed E-state index contributed by atoms with van der Waals surface area (Å²) in [7, 11) is 0. The van der Waals surface area contributed by atoms with Gasteiger partial charge in [0.2, 0.25) is 0 Å². The average molecular weight is 466 g/mol. The average Bonchev–Trinajstić information content (AvgIpc) is 2.91. The molecule has 4 aromatic carbocycles. The lowest BCUT2D eigenvalue weighted by Crippen LogP contribution is -2.19. The van der Waals surface area contributed by atoms with Crippen molar-refractivity contribution in [3.05, 3.63) is 130 Å². The quantitative estimate of drug-likeness (QED) is 0.196. The number of carbonyl (C=O) groups excluding carboxylic acids is 1. The fourth-order valence-electron chi connectivity index (χ4n) is 3.45. The minimum absolute atomic E-state index is 0.00166. The smallest absolute Gasteiger partial charge is 0.271 e. The Labute approximate surface area is 202 Å². The van der Waals surface area contributed by atoms with E-state index in [1.807, 2.05) is 66.7 Å². The summed E-state index contributed by atoms with van der Waals surface area (Å²) in [6.07, 6.45) is 0. The van der Waals surface area contributed by atoms with Gasteiger partial charge in [0.15, 0.2) is 0 Å². The number of non-ortho nitro benzene ring substituents is 1. The summed E-state index contributed by atoms with van der Waals surface area (Å²) in [4.78, 5) is 22.8. The number of carbonyl (C=O) groups is 1. The highest BCUT2D eigenvalue weighted by atomic mass is 16.6. The van der Waals surface area contributed by atoms with Gasteiger partial charge < -0.3 is 4.74 Å². The van der Waals surface area contributed by atoms with Gasteiger partial charge in [-0.3, -0.25) is 14.9 Å². The zero-order valence-electron chi connectivity index (χ0n) is 19.0. The van der Waals surface area contributed by atoms with Crippen molar-refractivity contribution in [1.29, 1.82) is 0 Å². The van der Waals surface area contributed by atoms with Gasteiger partial charge in [-0.05, 0) is 53.9 Å². The van der Waals surface area contributed by atoms with Crippen LogP contribution in [0.15, 0.2) is 108 Å². The fraction of sp³-hybridized carbons (Fsp3) is 0.0714. The zero-order valence-corrected chi connectivity index (χ0v) is 19.0. The second-order valence-electron chi connectivity index (χ2n) is 7.79. The van der Waals surface area contributed by atoms with Crippen LogP contribution in [0.5, 0.6) is 5.75 Å². The predicted octanol–water partition coefficient (Wildman–Crippen LogP) is 5.99. The molecule has 0 radical (unpaired) electrons. The Kier molecular flexibility index (Phi) is 7.28. The van der Waals surface area contributed by atoms with Crippen LogP contribution in [-0.2, 0) is 6.61 Å². The van der Waals surface area contributed by atoms with Crippen LogP contribution in [0.4, 0.5) is 5.69 Å². The number of nitrogens with one attached hydrogen (secondary N) is 1. The lowest BCUT2D eigenvalue weighted by atomic mass is 10.0. The van der Waals surface area contributed by atoms with Gasteiger partial charge in [0.1, 0.15) is 12.4 Å². The lowest BCUT2D eigenvalue weighted by Gasteiger charge is -2.12. The van der Waals surface area contributed by atoms with Crippen LogP contribution in [0.2, 0.25) is 0 Å². The maximum Gasteiger partial charge on any atom is 0.271 e. The largest absolute Gasteiger partial charge is 0.488 e. The maximum atomic E-state index is 12.5. The minimum Gasteiger partial charge on any atom is -0.488 e. The second-order valence-corrected chi connectivity index (χ2v) is 7.79. The van der Waals surface area contributed by atoms with Gasteiger partial charge in [-0.25, -0.2) is 5.43 Å². The first-order valence-corrected chi connectivity index (χ1v) is 11.0. The van der Waals surface area contributed by atoms with E-state index in [2.05, 4.69) is 10.5 Å². The molecule has 0 bridgehead atoms. The van der Waals surface area contributed by atoms with Crippen LogP contribution in [0.3, 0.4) is 0 Å². The molecule has 4 aromatic rings. The van der Waals surface area contributed by atoms with Crippen molar-refractivity contribution in [1.82, 2.24) is 5.43 Å². The Balaban J connectivity index is 1.36. The first-order valence-electron chi connectivity index (χ1n) is 11.0. The molecule has 1 amide bonds. The Morgan fingerprint density at radius 3 is 2.17 bits per heavy atom. The van der Waals surface area contributed by atoms with E-state index < -0.39 is 4.92 Å². The van der Waals surface area contributed by atoms with E-state index in [-0.39, 0.29) is 11.6 Å². The van der Waals surface area contributed by atoms with Crippen molar-refractivity contribution in [3.8, 4) is 16.9 Å². The van der Waals surface area contributed by atoms with Gasteiger partial charge in [-0.15, -0.1) is 0 Å². The van der Waals surface area contributed by atoms with Crippen LogP contribution in [0.25, 0.3) is 11.1 Å². The van der Waals surface area contributed by atoms with Gasteiger partial charge in [0.05, 0.1) is 10.6 Å². The van der Waals surface area contributed by atoms with E-state index in [0.29, 0.717) is 23.4 Å². The van der Waals surface area contributed by atoms with Gasteiger partial charge in [-0.1, -0.05) is 60.7 Å². The van der Waals surface area contributed by atoms with E-state index in [1.165, 1.54) is 12.1 Å². The molecule has 35 heavy (non-hydrogen) atoms. The summed E-state index contributed by atoms with van der Waals surface area (Å²) in [6.45, 7) is 2.08. The molecule has 0 aliphatic carbocycles. The maximum absolute atomic E-state index is 12.5. The van der Waals surface area contributed by atoms with Crippen LogP contribution in [-0.4, -0.2) is 16.5 Å². The molecular weight excluding hydrogens is 442 g/mol. The van der Waals surface area contributed by atoms with E-state index >= 15 is 0 Å². The van der Waals surface area contributed by atoms with Crippen LogP contribution in [0.1, 0.15) is 28.4 Å². The molecule has 0 aromatic heterocycles. The molecule has 1 N–H and O–H groups in total. The number of nitrogens with zero attached hydrogens (tertiary/aromatic N) is 2. The van der Waals surface area contributed by atoms with Crippen molar-refractivity contribution in [2.24, 2.45) is 5.10 Å². The number of hydrogen-bond acceptors (Lipinski definition) is 5. The summed E-state index contributed by atoms with van der Waals surface area (Å²) in [5.74, 6) is 0.435. The van der Waals surface area contributed by atoms with Gasteiger partial charge >= 0.3 is 0 Å². The van der Waals surface area contributed by atoms with Crippen LogP contribution in [0, 0.1) is 10.1 Å². The summed E-state index contributed by atoms with van der Waals surface area (Å²) in [5, 5.41) is 14.9. The lowest BCUT2D eigenvalue weighted by molar-refractivity contribution is -0.384. The normalized spacial score (nSPS) is 11.1. The van der Waals surface area contributed by atoms with E-state index in [0.717, 1.165) is 22.4 Å². The Bertz CT molecular complexity index is 1350. The molecule has 0 aliphatic heterocycles. The first-order chi connectivity index (χ1) is 17.0. The van der Waals surface area contributed by atoms with E-state index in [9.17, 15) is 14.9 Å². The van der Waals surface area contributed by atoms with Crippen LogP contribution < -0.4 is 10.2 Å². The third kappa shape index (κ3) is 5.97. The Morgan fingerprint density at radius 2 is 1.49 bits per heavy atom. The Morgan fingerprint density at radius 1 is 0.857 bits per heavy atom. The predicted molar refractivity (Wildman–Crippen MR) is 135 cm³/mol. The molecule has 0 heterocycles. The highest BCUT2D eigenvalue weighted by Crippen LogP contribution is 2.30. The molecule has 174 valence electrons. The van der Waals surface area contributed by atoms with Gasteiger partial charge in [0.25, 0.3) is 11.6 Å². The standard InChI is InChI=1S/C28H23N3O4/c1-20(22-15-17-25(18-16-22)31(33)34)29-30-28(32)24-13-11-21(12-14-24)19-35-27-10-6-5-9-26(27)23-7-3-2-4-8-23/h2-18H,19H2,1H3,(H,30,32)/b29-20+. The van der Waals surface area contributed by atoms with E-state index in [4.69, 9.17) is 4.74 Å². The first kappa shape index (κ1) is 23.4. The SMILES string of the molecule is C/C(=N\NC(=O)c1ccc(COc2ccccc2-c2ccccc2)cc1)c1ccc([N+](=O)[O-])cc1. The molecule has 4 rings (SSSR count). The molecular formula is C28H23N3O4. The molecule has 0 fully saturated rings. The number of ether oxygens (including phenoxy) is 1. The monoisotopic (exact) mass is 465 g/mol. The van der Waals surface area contributed by atoms with Gasteiger partial charge in [-0.2, -0.15) is 5.10 Å². The molecule has 7 nitrogen and oxygen atoms in total. The molecule has 0 atom stereocenters. The van der Waals surface area contributed by atoms with E-state index in [1.54, 1.807) is 31.2 Å². The second kappa shape index (κ2) is 10.9. The summed E-state index contributed by atoms with van der Waals surface area (Å²) >= 11 is 0. The molecule has 0 unspecified atom stereocenters. The summed E-state index contributed by atoms with van der Waals surface area (Å²) in [5.41, 5.74) is 7.22. The topological polar surface area (TPSA) is 93.8 Å². The van der Waals surface area contributed by atoms with Gasteiger partial charge in [0, 0.05) is 23.3 Å². The number of nitro groups is 1. The molecule has 0 saturated heterocycles. The number of hydrogen-bond donors (Lipinski definition) is 1. The Hall–Kier alpha value is -4.78. The zero-order chi connectivity index (χ0) is 24.6.